The molecule has 0 atom stereocenters. The molecule has 10 heteroatoms. The molecule has 1 aliphatic heterocycles. The third-order valence-electron chi connectivity index (χ3n) is 5.98. The van der Waals surface area contributed by atoms with Crippen molar-refractivity contribution in [2.45, 2.75) is 11.1 Å². The molecule has 184 valence electrons. The fraction of sp³-hybridized carbons (Fsp3) is 0.240. The summed E-state index contributed by atoms with van der Waals surface area (Å²) in [6.45, 7) is 1.53. The average Bonchev–Trinajstić information content (AvgIpc) is 2.88. The molecule has 3 aromatic carbocycles. The monoisotopic (exact) mass is 503 g/mol. The van der Waals surface area contributed by atoms with Crippen LogP contribution in [0.3, 0.4) is 0 Å². The molecule has 0 unspecified atom stereocenters. The van der Waals surface area contributed by atoms with Gasteiger partial charge in [-0.1, -0.05) is 24.3 Å². The van der Waals surface area contributed by atoms with Crippen LogP contribution in [-0.4, -0.2) is 52.5 Å². The predicted octanol–water partition coefficient (Wildman–Crippen LogP) is 4.49. The highest BCUT2D eigenvalue weighted by atomic mass is 32.2. The molecule has 0 bridgehead atoms. The minimum absolute atomic E-state index is 0.168. The van der Waals surface area contributed by atoms with Crippen LogP contribution in [0.4, 0.5) is 24.5 Å². The van der Waals surface area contributed by atoms with Crippen LogP contribution in [0.25, 0.3) is 0 Å². The second-order valence-electron chi connectivity index (χ2n) is 8.16. The summed E-state index contributed by atoms with van der Waals surface area (Å²) in [5.41, 5.74) is 0.596. The van der Waals surface area contributed by atoms with Crippen LogP contribution in [0.5, 0.6) is 0 Å². The summed E-state index contributed by atoms with van der Waals surface area (Å²) in [7, 11) is -2.28. The number of sulfonamides is 1. The molecule has 0 aromatic heterocycles. The number of halogens is 3. The Balaban J connectivity index is 1.40. The number of rotatable bonds is 5. The molecule has 3 aromatic rings. The molecule has 0 spiro atoms. The van der Waals surface area contributed by atoms with E-state index in [0.29, 0.717) is 43.1 Å². The topological polar surface area (TPSA) is 60.9 Å². The zero-order valence-electron chi connectivity index (χ0n) is 18.9. The molecule has 0 radical (unpaired) electrons. The van der Waals surface area contributed by atoms with Gasteiger partial charge in [0.1, 0.15) is 0 Å². The molecule has 1 amide bonds. The van der Waals surface area contributed by atoms with Crippen molar-refractivity contribution in [3.63, 3.8) is 0 Å². The van der Waals surface area contributed by atoms with Crippen LogP contribution in [0.2, 0.25) is 0 Å². The van der Waals surface area contributed by atoms with E-state index < -0.39 is 21.8 Å². The summed E-state index contributed by atoms with van der Waals surface area (Å²) in [6.07, 6.45) is -4.41. The van der Waals surface area contributed by atoms with Gasteiger partial charge in [0.15, 0.2) is 0 Å². The zero-order chi connectivity index (χ0) is 25.2. The number of amides is 1. The lowest BCUT2D eigenvalue weighted by atomic mass is 10.1. The molecule has 35 heavy (non-hydrogen) atoms. The van der Waals surface area contributed by atoms with Crippen molar-refractivity contribution in [3.8, 4) is 0 Å². The molecular weight excluding hydrogens is 479 g/mol. The number of piperazine rings is 1. The van der Waals surface area contributed by atoms with E-state index in [1.54, 1.807) is 53.4 Å². The number of anilines is 2. The Bertz CT molecular complexity index is 1290. The van der Waals surface area contributed by atoms with Crippen molar-refractivity contribution < 1.29 is 26.4 Å². The second-order valence-corrected chi connectivity index (χ2v) is 10.1. The molecule has 1 heterocycles. The van der Waals surface area contributed by atoms with Gasteiger partial charge in [-0.25, -0.2) is 8.42 Å². The Labute approximate surface area is 202 Å². The van der Waals surface area contributed by atoms with Crippen molar-refractivity contribution in [3.05, 3.63) is 90.0 Å². The number of hydrogen-bond acceptors (Lipinski definition) is 4. The highest BCUT2D eigenvalue weighted by Gasteiger charge is 2.31. The smallest absolute Gasteiger partial charge is 0.368 e. The summed E-state index contributed by atoms with van der Waals surface area (Å²) in [4.78, 5) is 16.6. The Morgan fingerprint density at radius 3 is 2.09 bits per heavy atom. The van der Waals surface area contributed by atoms with Crippen molar-refractivity contribution in [1.29, 1.82) is 0 Å². The molecular formula is C25H24F3N3O3S. The second kappa shape index (κ2) is 9.61. The summed E-state index contributed by atoms with van der Waals surface area (Å²) in [5, 5.41) is 0. The maximum absolute atomic E-state index is 13.0. The maximum Gasteiger partial charge on any atom is 0.416 e. The predicted molar refractivity (Wildman–Crippen MR) is 128 cm³/mol. The fourth-order valence-electron chi connectivity index (χ4n) is 3.93. The quantitative estimate of drug-likeness (QED) is 0.515. The van der Waals surface area contributed by atoms with Crippen molar-refractivity contribution in [2.75, 3.05) is 42.4 Å². The van der Waals surface area contributed by atoms with Crippen LogP contribution in [0, 0.1) is 0 Å². The number of alkyl halides is 3. The zero-order valence-corrected chi connectivity index (χ0v) is 19.8. The van der Waals surface area contributed by atoms with E-state index in [1.807, 2.05) is 4.90 Å². The Morgan fingerprint density at radius 2 is 1.49 bits per heavy atom. The van der Waals surface area contributed by atoms with E-state index in [4.69, 9.17) is 0 Å². The highest BCUT2D eigenvalue weighted by molar-refractivity contribution is 7.92. The number of carbonyl (C=O) groups is 1. The first-order valence-electron chi connectivity index (χ1n) is 10.9. The van der Waals surface area contributed by atoms with Gasteiger partial charge < -0.3 is 9.80 Å². The summed E-state index contributed by atoms with van der Waals surface area (Å²) in [5.74, 6) is -0.214. The minimum atomic E-state index is -4.41. The van der Waals surface area contributed by atoms with E-state index in [0.717, 1.165) is 16.4 Å². The number of carbonyl (C=O) groups excluding carboxylic acids is 1. The first kappa shape index (κ1) is 24.6. The van der Waals surface area contributed by atoms with Crippen LogP contribution >= 0.6 is 0 Å². The lowest BCUT2D eigenvalue weighted by molar-refractivity contribution is -0.137. The number of hydrogen-bond donors (Lipinski definition) is 0. The molecule has 1 aliphatic rings. The van der Waals surface area contributed by atoms with Gasteiger partial charge >= 0.3 is 6.18 Å². The number of benzene rings is 3. The van der Waals surface area contributed by atoms with Gasteiger partial charge in [-0.05, 0) is 54.6 Å². The van der Waals surface area contributed by atoms with Crippen molar-refractivity contribution >= 4 is 27.3 Å². The van der Waals surface area contributed by atoms with Crippen molar-refractivity contribution in [2.24, 2.45) is 0 Å². The van der Waals surface area contributed by atoms with Gasteiger partial charge in [-0.15, -0.1) is 0 Å². The van der Waals surface area contributed by atoms with E-state index in [9.17, 15) is 26.4 Å². The third-order valence-corrected chi connectivity index (χ3v) is 7.78. The minimum Gasteiger partial charge on any atom is -0.368 e. The average molecular weight is 504 g/mol. The van der Waals surface area contributed by atoms with Crippen LogP contribution in [0.15, 0.2) is 83.8 Å². The van der Waals surface area contributed by atoms with Gasteiger partial charge in [0.2, 0.25) is 0 Å². The first-order chi connectivity index (χ1) is 16.6. The van der Waals surface area contributed by atoms with Gasteiger partial charge in [0.05, 0.1) is 16.1 Å². The maximum atomic E-state index is 13.0. The van der Waals surface area contributed by atoms with Crippen LogP contribution in [0.1, 0.15) is 15.9 Å². The number of nitrogens with zero attached hydrogens (tertiary/aromatic N) is 3. The Hall–Kier alpha value is -3.53. The molecule has 1 fully saturated rings. The van der Waals surface area contributed by atoms with Gasteiger partial charge in [0, 0.05) is 44.5 Å². The first-order valence-corrected chi connectivity index (χ1v) is 12.4. The Kier molecular flexibility index (Phi) is 6.75. The lowest BCUT2D eigenvalue weighted by Crippen LogP contribution is -2.48. The van der Waals surface area contributed by atoms with E-state index in [1.165, 1.54) is 25.2 Å². The standard InChI is InChI=1S/C25H24F3N3O3S/c1-29(35(33,34)23-8-3-2-4-9-23)21-12-10-19(11-13-21)24(32)31-16-14-30(15-17-31)22-7-5-6-20(18-22)25(26,27)28/h2-13,18H,14-17H2,1H3. The largest absolute Gasteiger partial charge is 0.416 e. The molecule has 4 rings (SSSR count). The highest BCUT2D eigenvalue weighted by Crippen LogP contribution is 2.32. The van der Waals surface area contributed by atoms with Gasteiger partial charge in [-0.2, -0.15) is 13.2 Å². The van der Waals surface area contributed by atoms with Gasteiger partial charge in [-0.3, -0.25) is 9.10 Å². The molecule has 0 N–H and O–H groups in total. The van der Waals surface area contributed by atoms with Crippen molar-refractivity contribution in [1.82, 2.24) is 4.90 Å². The fourth-order valence-corrected chi connectivity index (χ4v) is 5.15. The van der Waals surface area contributed by atoms with E-state index in [-0.39, 0.29) is 10.8 Å². The van der Waals surface area contributed by atoms with Crippen LogP contribution < -0.4 is 9.21 Å². The SMILES string of the molecule is CN(c1ccc(C(=O)N2CCN(c3cccc(C(F)(F)F)c3)CC2)cc1)S(=O)(=O)c1ccccc1. The molecule has 6 nitrogen and oxygen atoms in total. The molecule has 0 saturated carbocycles. The van der Waals surface area contributed by atoms with Gasteiger partial charge in [0.25, 0.3) is 15.9 Å². The summed E-state index contributed by atoms with van der Waals surface area (Å²) in [6, 6.07) is 19.5. The summed E-state index contributed by atoms with van der Waals surface area (Å²) < 4.78 is 65.8. The molecule has 0 aliphatic carbocycles. The normalized spacial score (nSPS) is 14.6. The Morgan fingerprint density at radius 1 is 0.857 bits per heavy atom. The van der Waals surface area contributed by atoms with E-state index in [2.05, 4.69) is 0 Å². The third kappa shape index (κ3) is 5.27. The van der Waals surface area contributed by atoms with Crippen LogP contribution in [-0.2, 0) is 16.2 Å². The molecule has 1 saturated heterocycles. The van der Waals surface area contributed by atoms with E-state index >= 15 is 0 Å². The summed E-state index contributed by atoms with van der Waals surface area (Å²) >= 11 is 0. The lowest BCUT2D eigenvalue weighted by Gasteiger charge is -2.36.